The Hall–Kier alpha value is -2.22. The first-order valence-corrected chi connectivity index (χ1v) is 9.29. The lowest BCUT2D eigenvalue weighted by molar-refractivity contribution is 0.564. The van der Waals surface area contributed by atoms with Gasteiger partial charge in [-0.25, -0.2) is 4.98 Å². The third-order valence-corrected chi connectivity index (χ3v) is 4.87. The molecule has 7 nitrogen and oxygen atoms in total. The number of piperazine rings is 1. The maximum absolute atomic E-state index is 6.53. The predicted molar refractivity (Wildman–Crippen MR) is 105 cm³/mol. The zero-order valence-electron chi connectivity index (χ0n) is 14.5. The van der Waals surface area contributed by atoms with Crippen LogP contribution in [0.3, 0.4) is 0 Å². The standard InChI is InChI=1S/C18H22ClN7/c19-15-11-14-10-13(17-12-26(24-23-17)7-1-4-20)2-3-16(14)22-18(15)25-8-5-21-6-9-25/h2-3,10-12,21H,1,4-9,20H2. The van der Waals surface area contributed by atoms with Gasteiger partial charge in [-0.1, -0.05) is 22.9 Å². The molecule has 0 aliphatic carbocycles. The van der Waals surface area contributed by atoms with Crippen LogP contribution in [-0.2, 0) is 6.54 Å². The molecule has 1 saturated heterocycles. The summed E-state index contributed by atoms with van der Waals surface area (Å²) >= 11 is 6.53. The fourth-order valence-electron chi connectivity index (χ4n) is 3.19. The van der Waals surface area contributed by atoms with Crippen LogP contribution in [0.4, 0.5) is 5.82 Å². The Morgan fingerprint density at radius 2 is 2.04 bits per heavy atom. The van der Waals surface area contributed by atoms with Crippen molar-refractivity contribution in [2.45, 2.75) is 13.0 Å². The summed E-state index contributed by atoms with van der Waals surface area (Å²) in [7, 11) is 0. The topological polar surface area (TPSA) is 84.9 Å². The van der Waals surface area contributed by atoms with Crippen LogP contribution in [0.1, 0.15) is 6.42 Å². The first-order chi connectivity index (χ1) is 12.7. The van der Waals surface area contributed by atoms with Gasteiger partial charge in [0.25, 0.3) is 0 Å². The van der Waals surface area contributed by atoms with E-state index in [9.17, 15) is 0 Å². The van der Waals surface area contributed by atoms with E-state index in [-0.39, 0.29) is 0 Å². The summed E-state index contributed by atoms with van der Waals surface area (Å²) in [6.07, 6.45) is 2.83. The van der Waals surface area contributed by atoms with Gasteiger partial charge < -0.3 is 16.0 Å². The van der Waals surface area contributed by atoms with E-state index in [1.807, 2.05) is 29.1 Å². The van der Waals surface area contributed by atoms with Crippen molar-refractivity contribution in [3.63, 3.8) is 0 Å². The number of rotatable bonds is 5. The zero-order valence-corrected chi connectivity index (χ0v) is 15.3. The Morgan fingerprint density at radius 3 is 2.85 bits per heavy atom. The van der Waals surface area contributed by atoms with E-state index in [0.717, 1.165) is 67.1 Å². The molecule has 1 fully saturated rings. The maximum atomic E-state index is 6.53. The van der Waals surface area contributed by atoms with Gasteiger partial charge in [0.1, 0.15) is 11.5 Å². The molecular formula is C18H22ClN7. The highest BCUT2D eigenvalue weighted by molar-refractivity contribution is 6.33. The van der Waals surface area contributed by atoms with Crippen LogP contribution in [-0.4, -0.2) is 52.7 Å². The minimum atomic E-state index is 0.644. The molecular weight excluding hydrogens is 350 g/mol. The summed E-state index contributed by atoms with van der Waals surface area (Å²) in [6, 6.07) is 8.10. The number of hydrogen-bond donors (Lipinski definition) is 2. The molecule has 2 aromatic heterocycles. The van der Waals surface area contributed by atoms with Crippen molar-refractivity contribution >= 4 is 28.3 Å². The second-order valence-electron chi connectivity index (χ2n) is 6.45. The van der Waals surface area contributed by atoms with E-state index >= 15 is 0 Å². The number of nitrogens with one attached hydrogen (secondary N) is 1. The largest absolute Gasteiger partial charge is 0.353 e. The van der Waals surface area contributed by atoms with E-state index in [1.165, 1.54) is 0 Å². The van der Waals surface area contributed by atoms with E-state index in [4.69, 9.17) is 22.3 Å². The minimum absolute atomic E-state index is 0.644. The second-order valence-corrected chi connectivity index (χ2v) is 6.85. The summed E-state index contributed by atoms with van der Waals surface area (Å²) in [6.45, 7) is 5.16. The van der Waals surface area contributed by atoms with Crippen molar-refractivity contribution in [3.05, 3.63) is 35.5 Å². The summed E-state index contributed by atoms with van der Waals surface area (Å²) in [5, 5.41) is 13.5. The van der Waals surface area contributed by atoms with Crippen molar-refractivity contribution in [3.8, 4) is 11.3 Å². The fraction of sp³-hybridized carbons (Fsp3) is 0.389. The van der Waals surface area contributed by atoms with Gasteiger partial charge in [0.15, 0.2) is 0 Å². The van der Waals surface area contributed by atoms with Gasteiger partial charge in [0.2, 0.25) is 0 Å². The molecule has 3 aromatic rings. The normalized spacial score (nSPS) is 14.9. The van der Waals surface area contributed by atoms with Crippen molar-refractivity contribution in [1.29, 1.82) is 0 Å². The molecule has 1 aliphatic heterocycles. The van der Waals surface area contributed by atoms with Crippen LogP contribution in [0, 0.1) is 0 Å². The van der Waals surface area contributed by atoms with Crippen LogP contribution in [0.5, 0.6) is 0 Å². The number of pyridine rings is 1. The van der Waals surface area contributed by atoms with E-state index in [1.54, 1.807) is 0 Å². The minimum Gasteiger partial charge on any atom is -0.353 e. The molecule has 4 rings (SSSR count). The van der Waals surface area contributed by atoms with E-state index < -0.39 is 0 Å². The Morgan fingerprint density at radius 1 is 1.19 bits per heavy atom. The molecule has 0 amide bonds. The molecule has 0 spiro atoms. The van der Waals surface area contributed by atoms with Gasteiger partial charge in [-0.3, -0.25) is 4.68 Å². The van der Waals surface area contributed by atoms with Crippen molar-refractivity contribution in [2.75, 3.05) is 37.6 Å². The third kappa shape index (κ3) is 3.51. The van der Waals surface area contributed by atoms with Crippen molar-refractivity contribution in [2.24, 2.45) is 5.73 Å². The SMILES string of the molecule is NCCCn1cc(-c2ccc3nc(N4CCNCC4)c(Cl)cc3c2)nn1. The lowest BCUT2D eigenvalue weighted by Crippen LogP contribution is -2.44. The van der Waals surface area contributed by atoms with Gasteiger partial charge in [0.05, 0.1) is 16.7 Å². The summed E-state index contributed by atoms with van der Waals surface area (Å²) in [4.78, 5) is 7.02. The average Bonchev–Trinajstić information content (AvgIpc) is 3.15. The van der Waals surface area contributed by atoms with Crippen molar-refractivity contribution < 1.29 is 0 Å². The average molecular weight is 372 g/mol. The number of halogens is 1. The molecule has 136 valence electrons. The molecule has 0 atom stereocenters. The highest BCUT2D eigenvalue weighted by Gasteiger charge is 2.16. The first-order valence-electron chi connectivity index (χ1n) is 8.91. The van der Waals surface area contributed by atoms with Crippen LogP contribution in [0.25, 0.3) is 22.2 Å². The maximum Gasteiger partial charge on any atom is 0.148 e. The van der Waals surface area contributed by atoms with E-state index in [0.29, 0.717) is 11.6 Å². The number of aryl methyl sites for hydroxylation is 1. The number of aromatic nitrogens is 4. The Bertz CT molecular complexity index is 902. The molecule has 1 aromatic carbocycles. The lowest BCUT2D eigenvalue weighted by atomic mass is 10.1. The number of hydrogen-bond acceptors (Lipinski definition) is 6. The number of nitrogens with two attached hydrogens (primary N) is 1. The Labute approximate surface area is 157 Å². The number of benzene rings is 1. The molecule has 0 saturated carbocycles. The van der Waals surface area contributed by atoms with Gasteiger partial charge in [-0.05, 0) is 31.2 Å². The van der Waals surface area contributed by atoms with E-state index in [2.05, 4.69) is 26.6 Å². The van der Waals surface area contributed by atoms with Crippen LogP contribution in [0.15, 0.2) is 30.5 Å². The van der Waals surface area contributed by atoms with Crippen LogP contribution >= 0.6 is 11.6 Å². The zero-order chi connectivity index (χ0) is 17.9. The molecule has 0 bridgehead atoms. The highest BCUT2D eigenvalue weighted by atomic mass is 35.5. The Balaban J connectivity index is 1.64. The molecule has 3 N–H and O–H groups in total. The van der Waals surface area contributed by atoms with Crippen molar-refractivity contribution in [1.82, 2.24) is 25.3 Å². The van der Waals surface area contributed by atoms with Crippen LogP contribution in [0.2, 0.25) is 5.02 Å². The molecule has 8 heteroatoms. The smallest absolute Gasteiger partial charge is 0.148 e. The molecule has 0 unspecified atom stereocenters. The fourth-order valence-corrected chi connectivity index (χ4v) is 3.47. The molecule has 1 aliphatic rings. The number of fused-ring (bicyclic) bond motifs is 1. The van der Waals surface area contributed by atoms with Gasteiger partial charge in [-0.2, -0.15) is 0 Å². The quantitative estimate of drug-likeness (QED) is 0.712. The number of nitrogens with zero attached hydrogens (tertiary/aromatic N) is 5. The second kappa shape index (κ2) is 7.57. The van der Waals surface area contributed by atoms with Gasteiger partial charge in [0, 0.05) is 43.7 Å². The van der Waals surface area contributed by atoms with Crippen LogP contribution < -0.4 is 16.0 Å². The van der Waals surface area contributed by atoms with Gasteiger partial charge in [-0.15, -0.1) is 5.10 Å². The molecule has 26 heavy (non-hydrogen) atoms. The highest BCUT2D eigenvalue weighted by Crippen LogP contribution is 2.30. The lowest BCUT2D eigenvalue weighted by Gasteiger charge is -2.29. The first kappa shape index (κ1) is 17.2. The third-order valence-electron chi connectivity index (χ3n) is 4.59. The molecule has 3 heterocycles. The summed E-state index contributed by atoms with van der Waals surface area (Å²) in [5.74, 6) is 0.862. The predicted octanol–water partition coefficient (Wildman–Crippen LogP) is 1.91. The summed E-state index contributed by atoms with van der Waals surface area (Å²) in [5.41, 5.74) is 8.32. The summed E-state index contributed by atoms with van der Waals surface area (Å²) < 4.78 is 1.82. The monoisotopic (exact) mass is 371 g/mol. The Kier molecular flexibility index (Phi) is 5.01. The molecule has 0 radical (unpaired) electrons. The van der Waals surface area contributed by atoms with Gasteiger partial charge >= 0.3 is 0 Å². The number of anilines is 1.